The van der Waals surface area contributed by atoms with Gasteiger partial charge in [0.25, 0.3) is 0 Å². The van der Waals surface area contributed by atoms with E-state index in [0.29, 0.717) is 11.7 Å². The van der Waals surface area contributed by atoms with E-state index in [1.54, 1.807) is 15.9 Å². The molecule has 0 spiro atoms. The van der Waals surface area contributed by atoms with Crippen molar-refractivity contribution < 1.29 is 0 Å². The molecule has 0 atom stereocenters. The molecule has 3 N–H and O–H groups in total. The number of anilines is 1. The first-order valence-electron chi connectivity index (χ1n) is 8.58. The summed E-state index contributed by atoms with van der Waals surface area (Å²) in [4.78, 5) is 11.4. The summed E-state index contributed by atoms with van der Waals surface area (Å²) in [6.07, 6.45) is 6.10. The van der Waals surface area contributed by atoms with E-state index in [9.17, 15) is 0 Å². The summed E-state index contributed by atoms with van der Waals surface area (Å²) in [5.74, 6) is 1.28. The van der Waals surface area contributed by atoms with Crippen LogP contribution >= 0.6 is 11.3 Å². The molecular formula is C18H22N6S. The number of aliphatic imine (C=N–C) groups is 1. The predicted octanol–water partition coefficient (Wildman–Crippen LogP) is 3.21. The molecular weight excluding hydrogens is 332 g/mol. The van der Waals surface area contributed by atoms with Gasteiger partial charge >= 0.3 is 0 Å². The Morgan fingerprint density at radius 2 is 2.12 bits per heavy atom. The summed E-state index contributed by atoms with van der Waals surface area (Å²) in [6.45, 7) is 6.15. The Balaban J connectivity index is 1.60. The monoisotopic (exact) mass is 354 g/mol. The van der Waals surface area contributed by atoms with Crippen LogP contribution in [0.1, 0.15) is 39.8 Å². The first-order valence-corrected chi connectivity index (χ1v) is 9.39. The number of piperidine rings is 1. The second-order valence-corrected chi connectivity index (χ2v) is 7.70. The molecule has 25 heavy (non-hydrogen) atoms. The zero-order chi connectivity index (χ0) is 17.4. The highest BCUT2D eigenvalue weighted by Crippen LogP contribution is 2.34. The van der Waals surface area contributed by atoms with E-state index in [-0.39, 0.29) is 0 Å². The normalized spacial score (nSPS) is 16.2. The zero-order valence-corrected chi connectivity index (χ0v) is 15.3. The fourth-order valence-electron chi connectivity index (χ4n) is 3.26. The average Bonchev–Trinajstić information content (AvgIpc) is 3.16. The molecule has 7 heteroatoms. The molecule has 1 saturated heterocycles. The standard InChI is InChI=1S/C18H22N6S/c1-11-7-17(23-24-10-12(2)22-18(11)24)21-9-16-14(19)8-15(25-16)13-3-5-20-6-4-13/h7-10,13,20H,3-6,19H2,1-2H3. The first-order chi connectivity index (χ1) is 12.1. The van der Waals surface area contributed by atoms with Crippen LogP contribution in [-0.2, 0) is 0 Å². The van der Waals surface area contributed by atoms with Gasteiger partial charge in [-0.2, -0.15) is 0 Å². The van der Waals surface area contributed by atoms with Crippen molar-refractivity contribution in [2.45, 2.75) is 32.6 Å². The number of aromatic nitrogens is 3. The topological polar surface area (TPSA) is 80.6 Å². The van der Waals surface area contributed by atoms with E-state index in [0.717, 1.165) is 40.6 Å². The molecule has 0 aromatic carbocycles. The lowest BCUT2D eigenvalue weighted by molar-refractivity contribution is 0.465. The minimum Gasteiger partial charge on any atom is -0.398 e. The molecule has 0 unspecified atom stereocenters. The molecule has 1 fully saturated rings. The summed E-state index contributed by atoms with van der Waals surface area (Å²) in [7, 11) is 0. The van der Waals surface area contributed by atoms with Gasteiger partial charge in [0.05, 0.1) is 22.5 Å². The Morgan fingerprint density at radius 1 is 1.32 bits per heavy atom. The van der Waals surface area contributed by atoms with Crippen LogP contribution < -0.4 is 11.1 Å². The van der Waals surface area contributed by atoms with Gasteiger partial charge in [0, 0.05) is 11.1 Å². The maximum absolute atomic E-state index is 6.20. The maximum Gasteiger partial charge on any atom is 0.173 e. The zero-order valence-electron chi connectivity index (χ0n) is 14.5. The summed E-state index contributed by atoms with van der Waals surface area (Å²) in [5.41, 5.74) is 9.89. The van der Waals surface area contributed by atoms with Crippen LogP contribution in [0.15, 0.2) is 23.3 Å². The van der Waals surface area contributed by atoms with Crippen LogP contribution in [0, 0.1) is 13.8 Å². The highest BCUT2D eigenvalue weighted by atomic mass is 32.1. The molecule has 4 heterocycles. The highest BCUT2D eigenvalue weighted by Gasteiger charge is 2.18. The number of thiophene rings is 1. The molecule has 0 aliphatic carbocycles. The quantitative estimate of drug-likeness (QED) is 0.708. The van der Waals surface area contributed by atoms with Crippen molar-refractivity contribution in [1.29, 1.82) is 0 Å². The van der Waals surface area contributed by atoms with Crippen molar-refractivity contribution >= 4 is 34.7 Å². The van der Waals surface area contributed by atoms with Crippen LogP contribution in [0.3, 0.4) is 0 Å². The largest absolute Gasteiger partial charge is 0.398 e. The molecule has 130 valence electrons. The Morgan fingerprint density at radius 3 is 2.92 bits per heavy atom. The number of fused-ring (bicyclic) bond motifs is 1. The van der Waals surface area contributed by atoms with E-state index in [2.05, 4.69) is 26.5 Å². The first kappa shape index (κ1) is 16.2. The van der Waals surface area contributed by atoms with E-state index in [1.165, 1.54) is 17.7 Å². The van der Waals surface area contributed by atoms with E-state index in [1.807, 2.05) is 32.3 Å². The average molecular weight is 354 g/mol. The molecule has 1 aliphatic rings. The molecule has 0 amide bonds. The molecule has 0 radical (unpaired) electrons. The lowest BCUT2D eigenvalue weighted by Crippen LogP contribution is -2.26. The number of nitrogens with zero attached hydrogens (tertiary/aromatic N) is 4. The Kier molecular flexibility index (Phi) is 4.27. The maximum atomic E-state index is 6.20. The van der Waals surface area contributed by atoms with Gasteiger partial charge in [-0.25, -0.2) is 14.5 Å². The van der Waals surface area contributed by atoms with Crippen LogP contribution in [0.2, 0.25) is 0 Å². The van der Waals surface area contributed by atoms with Crippen molar-refractivity contribution in [2.75, 3.05) is 18.8 Å². The van der Waals surface area contributed by atoms with Gasteiger partial charge in [-0.05, 0) is 63.4 Å². The second-order valence-electron chi connectivity index (χ2n) is 6.59. The van der Waals surface area contributed by atoms with E-state index < -0.39 is 0 Å². The smallest absolute Gasteiger partial charge is 0.173 e. The van der Waals surface area contributed by atoms with Crippen molar-refractivity contribution in [3.8, 4) is 0 Å². The SMILES string of the molecule is Cc1cn2nc(N=Cc3sc(C4CCNCC4)cc3N)cc(C)c2n1. The molecule has 6 nitrogen and oxygen atoms in total. The summed E-state index contributed by atoms with van der Waals surface area (Å²) in [5, 5.41) is 7.92. The van der Waals surface area contributed by atoms with Gasteiger partial charge < -0.3 is 11.1 Å². The number of hydrogen-bond donors (Lipinski definition) is 2. The highest BCUT2D eigenvalue weighted by molar-refractivity contribution is 7.14. The molecule has 0 bridgehead atoms. The molecule has 3 aromatic rings. The molecule has 0 saturated carbocycles. The number of nitrogens with one attached hydrogen (secondary N) is 1. The number of nitrogen functional groups attached to an aromatic ring is 1. The fraction of sp³-hybridized carbons (Fsp3) is 0.389. The fourth-order valence-corrected chi connectivity index (χ4v) is 4.39. The third-order valence-electron chi connectivity index (χ3n) is 4.58. The number of aryl methyl sites for hydroxylation is 2. The van der Waals surface area contributed by atoms with Crippen molar-refractivity contribution in [3.63, 3.8) is 0 Å². The minimum absolute atomic E-state index is 0.612. The summed E-state index contributed by atoms with van der Waals surface area (Å²) in [6, 6.07) is 4.07. The minimum atomic E-state index is 0.612. The van der Waals surface area contributed by atoms with Crippen molar-refractivity contribution in [2.24, 2.45) is 4.99 Å². The van der Waals surface area contributed by atoms with E-state index in [4.69, 9.17) is 5.73 Å². The van der Waals surface area contributed by atoms with Crippen LogP contribution in [0.5, 0.6) is 0 Å². The molecule has 3 aromatic heterocycles. The number of nitrogens with two attached hydrogens (primary N) is 1. The van der Waals surface area contributed by atoms with Crippen molar-refractivity contribution in [3.05, 3.63) is 39.3 Å². The molecule has 4 rings (SSSR count). The van der Waals surface area contributed by atoms with Gasteiger partial charge in [-0.3, -0.25) is 0 Å². The summed E-state index contributed by atoms with van der Waals surface area (Å²) >= 11 is 1.75. The van der Waals surface area contributed by atoms with Gasteiger partial charge in [-0.1, -0.05) is 0 Å². The van der Waals surface area contributed by atoms with Crippen molar-refractivity contribution in [1.82, 2.24) is 19.9 Å². The van der Waals surface area contributed by atoms with Crippen LogP contribution in [0.4, 0.5) is 11.5 Å². The lowest BCUT2D eigenvalue weighted by Gasteiger charge is -2.21. The third-order valence-corrected chi connectivity index (χ3v) is 5.83. The number of rotatable bonds is 3. The van der Waals surface area contributed by atoms with Gasteiger partial charge in [0.15, 0.2) is 11.5 Å². The summed E-state index contributed by atoms with van der Waals surface area (Å²) < 4.78 is 1.79. The van der Waals surface area contributed by atoms with Gasteiger partial charge in [0.2, 0.25) is 0 Å². The number of imidazole rings is 1. The van der Waals surface area contributed by atoms with Crippen LogP contribution in [-0.4, -0.2) is 33.9 Å². The second kappa shape index (κ2) is 6.57. The third kappa shape index (κ3) is 3.29. The van der Waals surface area contributed by atoms with Crippen LogP contribution in [0.25, 0.3) is 5.65 Å². The Bertz CT molecular complexity index is 933. The Hall–Kier alpha value is -2.25. The predicted molar refractivity (Wildman–Crippen MR) is 103 cm³/mol. The lowest BCUT2D eigenvalue weighted by atomic mass is 9.96. The Labute approximate surface area is 150 Å². The van der Waals surface area contributed by atoms with E-state index >= 15 is 0 Å². The number of hydrogen-bond acceptors (Lipinski definition) is 6. The van der Waals surface area contributed by atoms with Gasteiger partial charge in [-0.15, -0.1) is 16.4 Å². The van der Waals surface area contributed by atoms with Gasteiger partial charge in [0.1, 0.15) is 0 Å². The molecule has 1 aliphatic heterocycles.